The Morgan fingerprint density at radius 2 is 1.73 bits per heavy atom. The summed E-state index contributed by atoms with van der Waals surface area (Å²) >= 11 is 0. The number of amides is 2. The minimum absolute atomic E-state index is 0.143. The Morgan fingerprint density at radius 1 is 1.06 bits per heavy atom. The van der Waals surface area contributed by atoms with Crippen molar-refractivity contribution in [2.75, 3.05) is 23.7 Å². The number of anilines is 1. The van der Waals surface area contributed by atoms with Crippen LogP contribution in [0.1, 0.15) is 42.3 Å². The predicted molar refractivity (Wildman–Crippen MR) is 129 cm³/mol. The molecule has 2 aromatic carbocycles. The predicted octanol–water partition coefficient (Wildman–Crippen LogP) is 2.52. The minimum Gasteiger partial charge on any atom is -0.355 e. The number of ketones is 1. The molecule has 0 spiro atoms. The molecule has 2 aromatic rings. The number of carbonyl (C=O) groups is 3. The Balaban J connectivity index is 2.42. The number of hydrogen-bond donors (Lipinski definition) is 1. The molecule has 0 bridgehead atoms. The highest BCUT2D eigenvalue weighted by molar-refractivity contribution is 7.92. The number of rotatable bonds is 10. The first-order valence-corrected chi connectivity index (χ1v) is 12.5. The highest BCUT2D eigenvalue weighted by Crippen LogP contribution is 2.21. The van der Waals surface area contributed by atoms with Crippen LogP contribution in [0.4, 0.5) is 5.69 Å². The SMILES string of the molecule is CCNC(=O)C(C)N(Cc1cccc(C)c1)C(=O)CN(c1cccc(C(C)=O)c1)S(C)(=O)=O. The maximum Gasteiger partial charge on any atom is 0.244 e. The van der Waals surface area contributed by atoms with Crippen LogP contribution in [0.5, 0.6) is 0 Å². The van der Waals surface area contributed by atoms with Gasteiger partial charge in [-0.3, -0.25) is 18.7 Å². The van der Waals surface area contributed by atoms with Crippen LogP contribution in [-0.2, 0) is 26.2 Å². The third-order valence-electron chi connectivity index (χ3n) is 5.17. The molecule has 0 radical (unpaired) electrons. The van der Waals surface area contributed by atoms with Crippen molar-refractivity contribution in [1.82, 2.24) is 10.2 Å². The number of sulfonamides is 1. The van der Waals surface area contributed by atoms with E-state index in [1.54, 1.807) is 26.0 Å². The largest absolute Gasteiger partial charge is 0.355 e. The van der Waals surface area contributed by atoms with Gasteiger partial charge in [-0.1, -0.05) is 42.0 Å². The van der Waals surface area contributed by atoms with Crippen LogP contribution in [0.15, 0.2) is 48.5 Å². The highest BCUT2D eigenvalue weighted by atomic mass is 32.2. The zero-order valence-corrected chi connectivity index (χ0v) is 20.5. The Morgan fingerprint density at radius 3 is 2.30 bits per heavy atom. The Kier molecular flexibility index (Phi) is 8.76. The molecule has 0 aliphatic carbocycles. The van der Waals surface area contributed by atoms with E-state index in [2.05, 4.69) is 5.32 Å². The van der Waals surface area contributed by atoms with Crippen LogP contribution in [-0.4, -0.2) is 56.3 Å². The fourth-order valence-corrected chi connectivity index (χ4v) is 4.25. The summed E-state index contributed by atoms with van der Waals surface area (Å²) in [6.45, 7) is 6.75. The molecule has 178 valence electrons. The zero-order valence-electron chi connectivity index (χ0n) is 19.7. The van der Waals surface area contributed by atoms with Gasteiger partial charge in [0, 0.05) is 18.7 Å². The molecule has 0 saturated carbocycles. The number of carbonyl (C=O) groups excluding carboxylic acids is 3. The summed E-state index contributed by atoms with van der Waals surface area (Å²) in [5.41, 5.74) is 2.37. The van der Waals surface area contributed by atoms with E-state index < -0.39 is 28.5 Å². The molecule has 0 aliphatic rings. The molecule has 0 fully saturated rings. The summed E-state index contributed by atoms with van der Waals surface area (Å²) in [6, 6.07) is 12.8. The number of nitrogens with zero attached hydrogens (tertiary/aromatic N) is 2. The molecule has 2 rings (SSSR count). The first-order valence-electron chi connectivity index (χ1n) is 10.7. The van der Waals surface area contributed by atoms with Crippen LogP contribution in [0, 0.1) is 6.92 Å². The van der Waals surface area contributed by atoms with Crippen molar-refractivity contribution < 1.29 is 22.8 Å². The van der Waals surface area contributed by atoms with Gasteiger partial charge in [0.15, 0.2) is 5.78 Å². The van der Waals surface area contributed by atoms with Gasteiger partial charge in [0.1, 0.15) is 12.6 Å². The van der Waals surface area contributed by atoms with Gasteiger partial charge in [-0.15, -0.1) is 0 Å². The van der Waals surface area contributed by atoms with Crippen molar-refractivity contribution >= 4 is 33.3 Å². The van der Waals surface area contributed by atoms with Crippen molar-refractivity contribution in [3.05, 3.63) is 65.2 Å². The van der Waals surface area contributed by atoms with Crippen molar-refractivity contribution in [3.63, 3.8) is 0 Å². The van der Waals surface area contributed by atoms with Gasteiger partial charge < -0.3 is 10.2 Å². The van der Waals surface area contributed by atoms with E-state index >= 15 is 0 Å². The highest BCUT2D eigenvalue weighted by Gasteiger charge is 2.30. The number of benzene rings is 2. The third kappa shape index (κ3) is 7.15. The minimum atomic E-state index is -3.85. The van der Waals surface area contributed by atoms with Crippen molar-refractivity contribution in [2.24, 2.45) is 0 Å². The lowest BCUT2D eigenvalue weighted by molar-refractivity contribution is -0.139. The topological polar surface area (TPSA) is 104 Å². The lowest BCUT2D eigenvalue weighted by Gasteiger charge is -2.31. The molecule has 0 heterocycles. The lowest BCUT2D eigenvalue weighted by Crippen LogP contribution is -2.51. The summed E-state index contributed by atoms with van der Waals surface area (Å²) in [5, 5.41) is 2.71. The number of hydrogen-bond acceptors (Lipinski definition) is 5. The smallest absolute Gasteiger partial charge is 0.244 e. The summed E-state index contributed by atoms with van der Waals surface area (Å²) in [4.78, 5) is 39.1. The van der Waals surface area contributed by atoms with Gasteiger partial charge in [-0.2, -0.15) is 0 Å². The summed E-state index contributed by atoms with van der Waals surface area (Å²) in [5.74, 6) is -1.08. The maximum absolute atomic E-state index is 13.4. The maximum atomic E-state index is 13.4. The first-order chi connectivity index (χ1) is 15.4. The molecule has 8 nitrogen and oxygen atoms in total. The average molecular weight is 474 g/mol. The van der Waals surface area contributed by atoms with E-state index in [-0.39, 0.29) is 23.9 Å². The summed E-state index contributed by atoms with van der Waals surface area (Å²) in [6.07, 6.45) is 0.999. The molecule has 1 unspecified atom stereocenters. The van der Waals surface area contributed by atoms with Gasteiger partial charge in [0.05, 0.1) is 11.9 Å². The molecule has 1 N–H and O–H groups in total. The second-order valence-corrected chi connectivity index (χ2v) is 9.86. The van der Waals surface area contributed by atoms with Crippen LogP contribution < -0.4 is 9.62 Å². The zero-order chi connectivity index (χ0) is 24.8. The molecule has 33 heavy (non-hydrogen) atoms. The van der Waals surface area contributed by atoms with E-state index in [0.717, 1.165) is 21.7 Å². The van der Waals surface area contributed by atoms with E-state index in [0.29, 0.717) is 12.1 Å². The van der Waals surface area contributed by atoms with E-state index in [1.165, 1.54) is 24.0 Å². The van der Waals surface area contributed by atoms with Gasteiger partial charge in [-0.25, -0.2) is 8.42 Å². The van der Waals surface area contributed by atoms with E-state index in [9.17, 15) is 22.8 Å². The Bertz CT molecular complexity index is 1130. The summed E-state index contributed by atoms with van der Waals surface area (Å²) < 4.78 is 26.1. The fraction of sp³-hybridized carbons (Fsp3) is 0.375. The fourth-order valence-electron chi connectivity index (χ4n) is 3.41. The standard InChI is InChI=1S/C24H31N3O5S/c1-6-25-24(30)18(3)26(15-20-10-7-9-17(2)13-20)23(29)16-27(33(5,31)32)22-12-8-11-21(14-22)19(4)28/h7-14,18H,6,15-16H2,1-5H3,(H,25,30). The number of aryl methyl sites for hydroxylation is 1. The van der Waals surface area contributed by atoms with Crippen molar-refractivity contribution in [3.8, 4) is 0 Å². The second-order valence-electron chi connectivity index (χ2n) is 7.96. The number of Topliss-reactive ketones (excluding diaryl/α,β-unsaturated/α-hetero) is 1. The normalized spacial score (nSPS) is 12.0. The molecule has 0 aliphatic heterocycles. The molecular formula is C24H31N3O5S. The monoisotopic (exact) mass is 473 g/mol. The lowest BCUT2D eigenvalue weighted by atomic mass is 10.1. The van der Waals surface area contributed by atoms with Crippen LogP contribution in [0.25, 0.3) is 0 Å². The second kappa shape index (κ2) is 11.1. The third-order valence-corrected chi connectivity index (χ3v) is 6.31. The van der Waals surface area contributed by atoms with Crippen molar-refractivity contribution in [2.45, 2.75) is 40.3 Å². The molecule has 0 aromatic heterocycles. The van der Waals surface area contributed by atoms with Gasteiger partial charge in [-0.05, 0) is 45.4 Å². The van der Waals surface area contributed by atoms with Crippen molar-refractivity contribution in [1.29, 1.82) is 0 Å². The Hall–Kier alpha value is -3.20. The van der Waals surface area contributed by atoms with E-state index in [1.807, 2.05) is 31.2 Å². The van der Waals surface area contributed by atoms with Gasteiger partial charge >= 0.3 is 0 Å². The quantitative estimate of drug-likeness (QED) is 0.534. The number of nitrogens with one attached hydrogen (secondary N) is 1. The Labute approximate surface area is 195 Å². The molecular weight excluding hydrogens is 442 g/mol. The number of likely N-dealkylation sites (N-methyl/N-ethyl adjacent to an activating group) is 1. The van der Waals surface area contributed by atoms with Gasteiger partial charge in [0.2, 0.25) is 21.8 Å². The average Bonchev–Trinajstić information content (AvgIpc) is 2.74. The van der Waals surface area contributed by atoms with Gasteiger partial charge in [0.25, 0.3) is 0 Å². The van der Waals surface area contributed by atoms with Crippen LogP contribution in [0.3, 0.4) is 0 Å². The molecule has 1 atom stereocenters. The van der Waals surface area contributed by atoms with Crippen LogP contribution in [0.2, 0.25) is 0 Å². The molecule has 0 saturated heterocycles. The summed E-state index contributed by atoms with van der Waals surface area (Å²) in [7, 11) is -3.85. The van der Waals surface area contributed by atoms with Crippen LogP contribution >= 0.6 is 0 Å². The molecule has 9 heteroatoms. The van der Waals surface area contributed by atoms with E-state index in [4.69, 9.17) is 0 Å². The first kappa shape index (κ1) is 26.1. The molecule has 2 amide bonds.